The third-order valence-electron chi connectivity index (χ3n) is 2.34. The Morgan fingerprint density at radius 1 is 1.42 bits per heavy atom. The third kappa shape index (κ3) is 5.75. The average molecular weight is 310 g/mol. The van der Waals surface area contributed by atoms with E-state index in [1.807, 2.05) is 6.07 Å². The van der Waals surface area contributed by atoms with Crippen LogP contribution in [0.15, 0.2) is 29.2 Å². The molecule has 2 N–H and O–H groups in total. The Morgan fingerprint density at radius 3 is 2.68 bits per heavy atom. The Morgan fingerprint density at radius 2 is 2.11 bits per heavy atom. The maximum Gasteiger partial charge on any atom is 0.252 e. The summed E-state index contributed by atoms with van der Waals surface area (Å²) < 4.78 is 48.3. The molecule has 0 radical (unpaired) electrons. The fraction of sp³-hybridized carbons (Fsp3) is 0.455. The number of hydrogen-bond acceptors (Lipinski definition) is 4. The number of sulfonamides is 1. The summed E-state index contributed by atoms with van der Waals surface area (Å²) in [6.07, 6.45) is -2.67. The first-order valence-electron chi connectivity index (χ1n) is 5.52. The molecule has 4 nitrogen and oxygen atoms in total. The number of benzene rings is 1. The topological polar surface area (TPSA) is 63.4 Å². The second-order valence-corrected chi connectivity index (χ2v) is 7.27. The number of halogens is 2. The second-order valence-electron chi connectivity index (χ2n) is 3.91. The van der Waals surface area contributed by atoms with Crippen LogP contribution in [-0.4, -0.2) is 44.2 Å². The van der Waals surface area contributed by atoms with Gasteiger partial charge in [0.15, 0.2) is 0 Å². The Labute approximate surface area is 116 Å². The van der Waals surface area contributed by atoms with Gasteiger partial charge in [-0.3, -0.25) is 0 Å². The van der Waals surface area contributed by atoms with Gasteiger partial charge in [-0.05, 0) is 18.2 Å². The maximum atomic E-state index is 12.1. The summed E-state index contributed by atoms with van der Waals surface area (Å²) in [5.74, 6) is 0.106. The minimum atomic E-state index is -3.63. The van der Waals surface area contributed by atoms with Gasteiger partial charge >= 0.3 is 0 Å². The van der Waals surface area contributed by atoms with E-state index in [1.54, 1.807) is 18.2 Å². The highest BCUT2D eigenvalue weighted by molar-refractivity contribution is 8.00. The third-order valence-corrected chi connectivity index (χ3v) is 5.41. The smallest absolute Gasteiger partial charge is 0.252 e. The molecule has 0 aliphatic rings. The maximum absolute atomic E-state index is 12.1. The van der Waals surface area contributed by atoms with Crippen molar-refractivity contribution in [2.45, 2.75) is 11.3 Å². The Bertz CT molecular complexity index is 509. The first-order chi connectivity index (χ1) is 8.81. The lowest BCUT2D eigenvalue weighted by Gasteiger charge is -2.16. The Kier molecular flexibility index (Phi) is 6.02. The molecule has 0 aromatic heterocycles. The van der Waals surface area contributed by atoms with Crippen molar-refractivity contribution in [2.75, 3.05) is 30.8 Å². The van der Waals surface area contributed by atoms with Gasteiger partial charge in [0.1, 0.15) is 0 Å². The monoisotopic (exact) mass is 310 g/mol. The van der Waals surface area contributed by atoms with E-state index >= 15 is 0 Å². The predicted octanol–water partition coefficient (Wildman–Crippen LogP) is 1.89. The predicted molar refractivity (Wildman–Crippen MR) is 74.0 cm³/mol. The molecule has 19 heavy (non-hydrogen) atoms. The van der Waals surface area contributed by atoms with Crippen molar-refractivity contribution in [3.63, 3.8) is 0 Å². The summed E-state index contributed by atoms with van der Waals surface area (Å²) in [6.45, 7) is -0.773. The van der Waals surface area contributed by atoms with Crippen LogP contribution in [0.2, 0.25) is 0 Å². The highest BCUT2D eigenvalue weighted by Gasteiger charge is 2.20. The average Bonchev–Trinajstić information content (AvgIpc) is 2.27. The molecule has 1 aromatic rings. The minimum Gasteiger partial charge on any atom is -0.399 e. The summed E-state index contributed by atoms with van der Waals surface area (Å²) in [7, 11) is -2.47. The molecule has 8 heteroatoms. The van der Waals surface area contributed by atoms with E-state index in [-0.39, 0.29) is 5.75 Å². The minimum absolute atomic E-state index is 0.185. The molecule has 0 spiro atoms. The standard InChI is InChI=1S/C11H16F2N2O2S2/c1-15(8-11(12)13)19(16,17)6-5-18-10-4-2-3-9(14)7-10/h2-4,7,11H,5-6,8,14H2,1H3. The number of rotatable bonds is 7. The fourth-order valence-electron chi connectivity index (χ4n) is 1.33. The van der Waals surface area contributed by atoms with E-state index < -0.39 is 23.0 Å². The summed E-state index contributed by atoms with van der Waals surface area (Å²) in [6, 6.07) is 7.06. The molecule has 0 saturated carbocycles. The van der Waals surface area contributed by atoms with E-state index in [0.29, 0.717) is 15.7 Å². The van der Waals surface area contributed by atoms with Crippen molar-refractivity contribution in [3.05, 3.63) is 24.3 Å². The molecule has 0 fully saturated rings. The largest absolute Gasteiger partial charge is 0.399 e. The van der Waals surface area contributed by atoms with Gasteiger partial charge in [0.25, 0.3) is 6.43 Å². The van der Waals surface area contributed by atoms with Gasteiger partial charge in [-0.1, -0.05) is 6.07 Å². The lowest BCUT2D eigenvalue weighted by Crippen LogP contribution is -2.33. The zero-order valence-electron chi connectivity index (χ0n) is 10.4. The van der Waals surface area contributed by atoms with Crippen molar-refractivity contribution < 1.29 is 17.2 Å². The number of alkyl halides is 2. The van der Waals surface area contributed by atoms with Crippen molar-refractivity contribution in [1.29, 1.82) is 0 Å². The summed E-state index contributed by atoms with van der Waals surface area (Å²) in [5, 5.41) is 0. The lowest BCUT2D eigenvalue weighted by molar-refractivity contribution is 0.126. The van der Waals surface area contributed by atoms with Crippen molar-refractivity contribution in [3.8, 4) is 0 Å². The number of hydrogen-bond donors (Lipinski definition) is 1. The Balaban J connectivity index is 2.48. The number of nitrogens with zero attached hydrogens (tertiary/aromatic N) is 1. The van der Waals surface area contributed by atoms with Gasteiger partial charge in [0, 0.05) is 23.4 Å². The van der Waals surface area contributed by atoms with E-state index in [4.69, 9.17) is 5.73 Å². The SMILES string of the molecule is CN(CC(F)F)S(=O)(=O)CCSc1cccc(N)c1. The number of nitrogen functional groups attached to an aromatic ring is 1. The highest BCUT2D eigenvalue weighted by atomic mass is 32.2. The van der Waals surface area contributed by atoms with Crippen LogP contribution in [0.25, 0.3) is 0 Å². The van der Waals surface area contributed by atoms with Gasteiger partial charge in [-0.2, -0.15) is 4.31 Å². The lowest BCUT2D eigenvalue weighted by atomic mass is 10.3. The highest BCUT2D eigenvalue weighted by Crippen LogP contribution is 2.20. The first-order valence-corrected chi connectivity index (χ1v) is 8.11. The van der Waals surface area contributed by atoms with E-state index in [2.05, 4.69) is 0 Å². The number of thioether (sulfide) groups is 1. The second kappa shape index (κ2) is 7.06. The molecule has 0 atom stereocenters. The van der Waals surface area contributed by atoms with E-state index in [0.717, 1.165) is 11.9 Å². The van der Waals surface area contributed by atoms with Crippen LogP contribution >= 0.6 is 11.8 Å². The summed E-state index contributed by atoms with van der Waals surface area (Å²) in [5.41, 5.74) is 6.20. The molecule has 0 bridgehead atoms. The number of nitrogens with two attached hydrogens (primary N) is 1. The van der Waals surface area contributed by atoms with E-state index in [9.17, 15) is 17.2 Å². The van der Waals surface area contributed by atoms with Crippen molar-refractivity contribution in [2.24, 2.45) is 0 Å². The summed E-state index contributed by atoms with van der Waals surface area (Å²) >= 11 is 1.32. The van der Waals surface area contributed by atoms with Crippen LogP contribution in [0.4, 0.5) is 14.5 Å². The van der Waals surface area contributed by atoms with Crippen LogP contribution in [0.5, 0.6) is 0 Å². The molecular formula is C11H16F2N2O2S2. The van der Waals surface area contributed by atoms with Gasteiger partial charge in [0.2, 0.25) is 10.0 Å². The molecule has 0 saturated heterocycles. The van der Waals surface area contributed by atoms with Crippen LogP contribution in [0.1, 0.15) is 0 Å². The fourth-order valence-corrected chi connectivity index (χ4v) is 3.79. The van der Waals surface area contributed by atoms with Gasteiger partial charge in [-0.15, -0.1) is 11.8 Å². The molecule has 0 aliphatic heterocycles. The quantitative estimate of drug-likeness (QED) is 0.617. The van der Waals surface area contributed by atoms with Crippen LogP contribution in [0, 0.1) is 0 Å². The van der Waals surface area contributed by atoms with Crippen molar-refractivity contribution in [1.82, 2.24) is 4.31 Å². The molecular weight excluding hydrogens is 294 g/mol. The van der Waals surface area contributed by atoms with Crippen molar-refractivity contribution >= 4 is 27.5 Å². The molecule has 0 heterocycles. The Hall–Kier alpha value is -0.860. The molecule has 0 unspecified atom stereocenters. The van der Waals surface area contributed by atoms with Gasteiger partial charge < -0.3 is 5.73 Å². The summed E-state index contributed by atoms with van der Waals surface area (Å²) in [4.78, 5) is 0.853. The van der Waals surface area contributed by atoms with Crippen LogP contribution < -0.4 is 5.73 Å². The van der Waals surface area contributed by atoms with Crippen LogP contribution in [0.3, 0.4) is 0 Å². The normalized spacial score (nSPS) is 12.3. The molecule has 108 valence electrons. The van der Waals surface area contributed by atoms with Gasteiger partial charge in [0.05, 0.1) is 12.3 Å². The zero-order valence-corrected chi connectivity index (χ0v) is 12.1. The first kappa shape index (κ1) is 16.2. The van der Waals surface area contributed by atoms with Crippen LogP contribution in [-0.2, 0) is 10.0 Å². The molecule has 0 aliphatic carbocycles. The molecule has 0 amide bonds. The molecule has 1 aromatic carbocycles. The number of anilines is 1. The van der Waals surface area contributed by atoms with Gasteiger partial charge in [-0.25, -0.2) is 17.2 Å². The zero-order chi connectivity index (χ0) is 14.5. The van der Waals surface area contributed by atoms with E-state index in [1.165, 1.54) is 11.8 Å². The molecule has 1 rings (SSSR count).